The van der Waals surface area contributed by atoms with Crippen LogP contribution in [-0.4, -0.2) is 40.4 Å². The van der Waals surface area contributed by atoms with E-state index in [1.807, 2.05) is 0 Å². The number of nitrogens with two attached hydrogens (primary N) is 1. The van der Waals surface area contributed by atoms with Crippen LogP contribution >= 0.6 is 0 Å². The van der Waals surface area contributed by atoms with E-state index in [1.54, 1.807) is 0 Å². The molecule has 0 bridgehead atoms. The number of amides is 2. The van der Waals surface area contributed by atoms with Crippen molar-refractivity contribution in [3.8, 4) is 0 Å². The van der Waals surface area contributed by atoms with Gasteiger partial charge in [0, 0.05) is 12.8 Å². The Hall–Kier alpha value is -1.72. The topological polar surface area (TPSA) is 97.5 Å². The minimum atomic E-state index is -0.677. The Bertz CT molecular complexity index is 397. The number of nitrogens with zero attached hydrogens (tertiary/aromatic N) is 1. The van der Waals surface area contributed by atoms with Crippen LogP contribution in [0.25, 0.3) is 0 Å². The fourth-order valence-corrected chi connectivity index (χ4v) is 2.62. The van der Waals surface area contributed by atoms with Crippen LogP contribution in [0.3, 0.4) is 0 Å². The molecule has 1 saturated heterocycles. The van der Waals surface area contributed by atoms with Crippen LogP contribution in [0.2, 0.25) is 0 Å². The summed E-state index contributed by atoms with van der Waals surface area (Å²) in [4.78, 5) is 47.3. The molecule has 2 amide bonds. The van der Waals surface area contributed by atoms with E-state index in [0.29, 0.717) is 32.1 Å². The lowest BCUT2D eigenvalue weighted by atomic mass is 10.1. The summed E-state index contributed by atoms with van der Waals surface area (Å²) in [5.41, 5.74) is 5.29. The highest BCUT2D eigenvalue weighted by atomic mass is 16.2. The predicted molar refractivity (Wildman–Crippen MR) is 72.7 cm³/mol. The maximum atomic E-state index is 12.2. The van der Waals surface area contributed by atoms with Gasteiger partial charge in [-0.05, 0) is 39.5 Å². The molecule has 0 radical (unpaired) electrons. The molecule has 1 heterocycles. The summed E-state index contributed by atoms with van der Waals surface area (Å²) in [5, 5.41) is 0. The van der Waals surface area contributed by atoms with E-state index >= 15 is 0 Å². The highest BCUT2D eigenvalue weighted by Crippen LogP contribution is 2.26. The molecule has 2 atom stereocenters. The summed E-state index contributed by atoms with van der Waals surface area (Å²) in [6.07, 6.45) is 2.83. The number of ketones is 2. The van der Waals surface area contributed by atoms with Crippen molar-refractivity contribution < 1.29 is 19.2 Å². The third-order valence-corrected chi connectivity index (χ3v) is 3.64. The van der Waals surface area contributed by atoms with Crippen molar-refractivity contribution in [2.45, 2.75) is 64.5 Å². The van der Waals surface area contributed by atoms with E-state index in [2.05, 4.69) is 0 Å². The summed E-state index contributed by atoms with van der Waals surface area (Å²) in [5.74, 6) is -0.818. The SMILES string of the molecule is CC(=O)CCCCC(=O)N1C(C(C)=O)CC[C@H]1C(N)=O. The lowest BCUT2D eigenvalue weighted by Crippen LogP contribution is -2.49. The molecule has 1 aliphatic rings. The van der Waals surface area contributed by atoms with Crippen LogP contribution in [0.4, 0.5) is 0 Å². The van der Waals surface area contributed by atoms with Gasteiger partial charge in [0.25, 0.3) is 0 Å². The zero-order valence-electron chi connectivity index (χ0n) is 12.1. The van der Waals surface area contributed by atoms with Gasteiger partial charge in [0.1, 0.15) is 11.8 Å². The van der Waals surface area contributed by atoms with Gasteiger partial charge in [-0.2, -0.15) is 0 Å². The van der Waals surface area contributed by atoms with E-state index in [9.17, 15) is 19.2 Å². The molecule has 0 saturated carbocycles. The van der Waals surface area contributed by atoms with Gasteiger partial charge >= 0.3 is 0 Å². The average Bonchev–Trinajstić information content (AvgIpc) is 2.78. The van der Waals surface area contributed by atoms with Gasteiger partial charge < -0.3 is 15.4 Å². The zero-order valence-corrected chi connectivity index (χ0v) is 12.1. The van der Waals surface area contributed by atoms with Gasteiger partial charge in [0.05, 0.1) is 6.04 Å². The second-order valence-corrected chi connectivity index (χ2v) is 5.33. The first-order valence-electron chi connectivity index (χ1n) is 6.95. The van der Waals surface area contributed by atoms with E-state index in [1.165, 1.54) is 18.7 Å². The molecule has 2 N–H and O–H groups in total. The Morgan fingerprint density at radius 1 is 1.00 bits per heavy atom. The van der Waals surface area contributed by atoms with Gasteiger partial charge in [-0.25, -0.2) is 0 Å². The number of carbonyl (C=O) groups excluding carboxylic acids is 4. The Labute approximate surface area is 118 Å². The molecule has 6 nitrogen and oxygen atoms in total. The van der Waals surface area contributed by atoms with Crippen LogP contribution in [0.1, 0.15) is 52.4 Å². The number of Topliss-reactive ketones (excluding diaryl/α,β-unsaturated/α-hetero) is 2. The first-order chi connectivity index (χ1) is 9.34. The van der Waals surface area contributed by atoms with Crippen molar-refractivity contribution in [3.05, 3.63) is 0 Å². The number of hydrogen-bond acceptors (Lipinski definition) is 4. The fourth-order valence-electron chi connectivity index (χ4n) is 2.62. The molecule has 0 aromatic carbocycles. The maximum Gasteiger partial charge on any atom is 0.240 e. The summed E-state index contributed by atoms with van der Waals surface area (Å²) in [6, 6.07) is -1.21. The normalized spacial score (nSPS) is 21.8. The Morgan fingerprint density at radius 2 is 1.55 bits per heavy atom. The van der Waals surface area contributed by atoms with Gasteiger partial charge in [-0.1, -0.05) is 0 Å². The van der Waals surface area contributed by atoms with E-state index < -0.39 is 18.0 Å². The van der Waals surface area contributed by atoms with Crippen molar-refractivity contribution in [1.82, 2.24) is 4.90 Å². The molecule has 112 valence electrons. The fraction of sp³-hybridized carbons (Fsp3) is 0.714. The van der Waals surface area contributed by atoms with Crippen LogP contribution in [0, 0.1) is 0 Å². The summed E-state index contributed by atoms with van der Waals surface area (Å²) in [7, 11) is 0. The van der Waals surface area contributed by atoms with Gasteiger partial charge in [0.15, 0.2) is 5.78 Å². The molecule has 6 heteroatoms. The second-order valence-electron chi connectivity index (χ2n) is 5.33. The largest absolute Gasteiger partial charge is 0.368 e. The summed E-state index contributed by atoms with van der Waals surface area (Å²) >= 11 is 0. The van der Waals surface area contributed by atoms with Gasteiger partial charge in [0.2, 0.25) is 11.8 Å². The minimum absolute atomic E-state index is 0.0928. The molecule has 1 aliphatic heterocycles. The Morgan fingerprint density at radius 3 is 2.05 bits per heavy atom. The van der Waals surface area contributed by atoms with Crippen LogP contribution in [-0.2, 0) is 19.2 Å². The van der Waals surface area contributed by atoms with Crippen molar-refractivity contribution >= 4 is 23.4 Å². The smallest absolute Gasteiger partial charge is 0.240 e. The van der Waals surface area contributed by atoms with Crippen LogP contribution in [0.15, 0.2) is 0 Å². The van der Waals surface area contributed by atoms with Gasteiger partial charge in [-0.15, -0.1) is 0 Å². The highest BCUT2D eigenvalue weighted by molar-refractivity contribution is 5.93. The summed E-state index contributed by atoms with van der Waals surface area (Å²) in [6.45, 7) is 2.93. The second kappa shape index (κ2) is 7.17. The number of carbonyl (C=O) groups is 4. The van der Waals surface area contributed by atoms with E-state index in [0.717, 1.165) is 0 Å². The first kappa shape index (κ1) is 16.3. The Balaban J connectivity index is 2.62. The van der Waals surface area contributed by atoms with Crippen molar-refractivity contribution in [3.63, 3.8) is 0 Å². The molecule has 0 spiro atoms. The Kier molecular flexibility index (Phi) is 5.85. The predicted octanol–water partition coefficient (Wildman–Crippen LogP) is 0.570. The molecule has 0 aromatic heterocycles. The third kappa shape index (κ3) is 4.15. The third-order valence-electron chi connectivity index (χ3n) is 3.64. The molecule has 1 unspecified atom stereocenters. The average molecular weight is 282 g/mol. The van der Waals surface area contributed by atoms with Crippen molar-refractivity contribution in [2.75, 3.05) is 0 Å². The zero-order chi connectivity index (χ0) is 15.3. The maximum absolute atomic E-state index is 12.2. The number of hydrogen-bond donors (Lipinski definition) is 1. The highest BCUT2D eigenvalue weighted by Gasteiger charge is 2.41. The van der Waals surface area contributed by atoms with Crippen LogP contribution < -0.4 is 5.73 Å². The first-order valence-corrected chi connectivity index (χ1v) is 6.95. The number of rotatable bonds is 7. The number of likely N-dealkylation sites (tertiary alicyclic amines) is 1. The lowest BCUT2D eigenvalue weighted by molar-refractivity contribution is -0.142. The quantitative estimate of drug-likeness (QED) is 0.690. The molecular formula is C14H22N2O4. The molecular weight excluding hydrogens is 260 g/mol. The molecule has 0 aromatic rings. The molecule has 0 aliphatic carbocycles. The van der Waals surface area contributed by atoms with E-state index in [-0.39, 0.29) is 23.9 Å². The standard InChI is InChI=1S/C14H22N2O4/c1-9(17)5-3-4-6-13(19)16-11(10(2)18)7-8-12(16)14(15)20/h11-12H,3-8H2,1-2H3,(H2,15,20)/t11?,12-/m0/s1. The lowest BCUT2D eigenvalue weighted by Gasteiger charge is -2.27. The van der Waals surface area contributed by atoms with Crippen LogP contribution in [0.5, 0.6) is 0 Å². The number of primary amides is 1. The summed E-state index contributed by atoms with van der Waals surface area (Å²) < 4.78 is 0. The molecule has 1 rings (SSSR count). The van der Waals surface area contributed by atoms with E-state index in [4.69, 9.17) is 5.73 Å². The molecule has 1 fully saturated rings. The van der Waals surface area contributed by atoms with Crippen molar-refractivity contribution in [2.24, 2.45) is 5.73 Å². The monoisotopic (exact) mass is 282 g/mol. The molecule has 20 heavy (non-hydrogen) atoms. The van der Waals surface area contributed by atoms with Crippen molar-refractivity contribution in [1.29, 1.82) is 0 Å². The minimum Gasteiger partial charge on any atom is -0.368 e. The van der Waals surface area contributed by atoms with Gasteiger partial charge in [-0.3, -0.25) is 14.4 Å². The number of unbranched alkanes of at least 4 members (excludes halogenated alkanes) is 1.